The highest BCUT2D eigenvalue weighted by atomic mass is 16.3. The molecule has 106 valence electrons. The van der Waals surface area contributed by atoms with Crippen LogP contribution in [0.3, 0.4) is 0 Å². The third-order valence-electron chi connectivity index (χ3n) is 3.22. The molecule has 0 aliphatic heterocycles. The van der Waals surface area contributed by atoms with Crippen molar-refractivity contribution in [3.05, 3.63) is 59.9 Å². The Balaban J connectivity index is 2.11. The summed E-state index contributed by atoms with van der Waals surface area (Å²) in [5.41, 5.74) is 1.53. The molecule has 1 unspecified atom stereocenters. The summed E-state index contributed by atoms with van der Waals surface area (Å²) < 4.78 is 1.93. The molecule has 0 bridgehead atoms. The standard InChI is InChI=1S/C16H20N2O2/c1-2-10-18-11-6-9-15(18)16(20)17-14(12-19)13-7-4-3-5-8-13/h3-9,11,14,19H,2,10,12H2,1H3,(H,17,20). The van der Waals surface area contributed by atoms with Crippen molar-refractivity contribution in [3.63, 3.8) is 0 Å². The van der Waals surface area contributed by atoms with Crippen LogP contribution in [0, 0.1) is 0 Å². The first-order valence-electron chi connectivity index (χ1n) is 6.88. The molecule has 1 amide bonds. The molecule has 0 saturated carbocycles. The number of amides is 1. The van der Waals surface area contributed by atoms with Gasteiger partial charge in [0, 0.05) is 12.7 Å². The van der Waals surface area contributed by atoms with Crippen LogP contribution in [0.5, 0.6) is 0 Å². The molecule has 0 fully saturated rings. The number of aliphatic hydroxyl groups excluding tert-OH is 1. The number of aryl methyl sites for hydroxylation is 1. The summed E-state index contributed by atoms with van der Waals surface area (Å²) in [6.45, 7) is 2.76. The largest absolute Gasteiger partial charge is 0.394 e. The van der Waals surface area contributed by atoms with Crippen LogP contribution >= 0.6 is 0 Å². The minimum atomic E-state index is -0.381. The minimum absolute atomic E-state index is 0.121. The maximum Gasteiger partial charge on any atom is 0.268 e. The van der Waals surface area contributed by atoms with Gasteiger partial charge in [0.2, 0.25) is 0 Å². The summed E-state index contributed by atoms with van der Waals surface area (Å²) in [4.78, 5) is 12.3. The Morgan fingerprint density at radius 1 is 1.25 bits per heavy atom. The predicted molar refractivity (Wildman–Crippen MR) is 78.5 cm³/mol. The quantitative estimate of drug-likeness (QED) is 0.848. The van der Waals surface area contributed by atoms with E-state index in [0.717, 1.165) is 18.5 Å². The van der Waals surface area contributed by atoms with Crippen molar-refractivity contribution in [2.45, 2.75) is 25.9 Å². The van der Waals surface area contributed by atoms with Gasteiger partial charge in [0.15, 0.2) is 0 Å². The number of benzene rings is 1. The van der Waals surface area contributed by atoms with E-state index in [9.17, 15) is 9.90 Å². The number of rotatable bonds is 6. The molecular weight excluding hydrogens is 252 g/mol. The number of nitrogens with one attached hydrogen (secondary N) is 1. The van der Waals surface area contributed by atoms with Crippen molar-refractivity contribution in [2.75, 3.05) is 6.61 Å². The molecule has 4 heteroatoms. The molecule has 0 aliphatic rings. The lowest BCUT2D eigenvalue weighted by atomic mass is 10.1. The molecular formula is C16H20N2O2. The van der Waals surface area contributed by atoms with Crippen LogP contribution < -0.4 is 5.32 Å². The fourth-order valence-electron chi connectivity index (χ4n) is 2.21. The number of hydrogen-bond donors (Lipinski definition) is 2. The van der Waals surface area contributed by atoms with Crippen LogP contribution in [-0.4, -0.2) is 22.2 Å². The van der Waals surface area contributed by atoms with Crippen molar-refractivity contribution < 1.29 is 9.90 Å². The average Bonchev–Trinajstić information content (AvgIpc) is 2.94. The molecule has 1 aromatic carbocycles. The molecule has 20 heavy (non-hydrogen) atoms. The normalized spacial score (nSPS) is 12.1. The Hall–Kier alpha value is -2.07. The molecule has 2 N–H and O–H groups in total. The molecule has 1 atom stereocenters. The molecule has 0 saturated heterocycles. The SMILES string of the molecule is CCCn1cccc1C(=O)NC(CO)c1ccccc1. The molecule has 4 nitrogen and oxygen atoms in total. The Morgan fingerprint density at radius 3 is 2.65 bits per heavy atom. The van der Waals surface area contributed by atoms with Crippen molar-refractivity contribution in [1.29, 1.82) is 0 Å². The first kappa shape index (κ1) is 14.3. The highest BCUT2D eigenvalue weighted by molar-refractivity contribution is 5.93. The number of aromatic nitrogens is 1. The third-order valence-corrected chi connectivity index (χ3v) is 3.22. The second kappa shape index (κ2) is 6.91. The number of carbonyl (C=O) groups excluding carboxylic acids is 1. The molecule has 1 heterocycles. The highest BCUT2D eigenvalue weighted by Crippen LogP contribution is 2.13. The van der Waals surface area contributed by atoms with Gasteiger partial charge in [-0.25, -0.2) is 0 Å². The summed E-state index contributed by atoms with van der Waals surface area (Å²) in [6, 6.07) is 12.8. The molecule has 0 radical (unpaired) electrons. The first-order valence-corrected chi connectivity index (χ1v) is 6.88. The maximum atomic E-state index is 12.3. The number of carbonyl (C=O) groups is 1. The first-order chi connectivity index (χ1) is 9.76. The van der Waals surface area contributed by atoms with Gasteiger partial charge in [-0.1, -0.05) is 37.3 Å². The lowest BCUT2D eigenvalue weighted by Gasteiger charge is -2.17. The monoisotopic (exact) mass is 272 g/mol. The van der Waals surface area contributed by atoms with E-state index in [1.807, 2.05) is 47.2 Å². The third kappa shape index (κ3) is 3.27. The fourth-order valence-corrected chi connectivity index (χ4v) is 2.21. The smallest absolute Gasteiger partial charge is 0.268 e. The minimum Gasteiger partial charge on any atom is -0.394 e. The van der Waals surface area contributed by atoms with Crippen LogP contribution in [0.15, 0.2) is 48.7 Å². The molecule has 0 spiro atoms. The van der Waals surface area contributed by atoms with E-state index in [4.69, 9.17) is 0 Å². The van der Waals surface area contributed by atoms with Gasteiger partial charge in [0.25, 0.3) is 5.91 Å². The van der Waals surface area contributed by atoms with Gasteiger partial charge >= 0.3 is 0 Å². The van der Waals surface area contributed by atoms with Crippen LogP contribution in [0.1, 0.15) is 35.4 Å². The van der Waals surface area contributed by atoms with E-state index < -0.39 is 0 Å². The molecule has 0 aliphatic carbocycles. The summed E-state index contributed by atoms with van der Waals surface area (Å²) in [6.07, 6.45) is 2.87. The number of nitrogens with zero attached hydrogens (tertiary/aromatic N) is 1. The van der Waals surface area contributed by atoms with Gasteiger partial charge in [-0.3, -0.25) is 4.79 Å². The zero-order valence-corrected chi connectivity index (χ0v) is 11.6. The molecule has 1 aromatic heterocycles. The fraction of sp³-hybridized carbons (Fsp3) is 0.312. The van der Waals surface area contributed by atoms with Crippen molar-refractivity contribution >= 4 is 5.91 Å². The zero-order valence-electron chi connectivity index (χ0n) is 11.6. The van der Waals surface area contributed by atoms with E-state index in [1.54, 1.807) is 6.07 Å². The van der Waals surface area contributed by atoms with Gasteiger partial charge in [-0.15, -0.1) is 0 Å². The van der Waals surface area contributed by atoms with Gasteiger partial charge < -0.3 is 15.0 Å². The van der Waals surface area contributed by atoms with Crippen LogP contribution in [0.25, 0.3) is 0 Å². The van der Waals surface area contributed by atoms with Crippen LogP contribution in [0.4, 0.5) is 0 Å². The van der Waals surface area contributed by atoms with Crippen molar-refractivity contribution in [3.8, 4) is 0 Å². The summed E-state index contributed by atoms with van der Waals surface area (Å²) in [7, 11) is 0. The highest BCUT2D eigenvalue weighted by Gasteiger charge is 2.16. The van der Waals surface area contributed by atoms with Gasteiger partial charge in [0.05, 0.1) is 12.6 Å². The second-order valence-electron chi connectivity index (χ2n) is 4.71. The Bertz CT molecular complexity index is 549. The van der Waals surface area contributed by atoms with E-state index in [1.165, 1.54) is 0 Å². The summed E-state index contributed by atoms with van der Waals surface area (Å²) in [5.74, 6) is -0.161. The van der Waals surface area contributed by atoms with E-state index in [-0.39, 0.29) is 18.6 Å². The predicted octanol–water partition coefficient (Wildman–Crippen LogP) is 2.36. The van der Waals surface area contributed by atoms with E-state index >= 15 is 0 Å². The maximum absolute atomic E-state index is 12.3. The Kier molecular flexibility index (Phi) is 4.96. The van der Waals surface area contributed by atoms with Crippen molar-refractivity contribution in [2.24, 2.45) is 0 Å². The number of aliphatic hydroxyl groups is 1. The number of hydrogen-bond acceptors (Lipinski definition) is 2. The Morgan fingerprint density at radius 2 is 2.00 bits per heavy atom. The average molecular weight is 272 g/mol. The lowest BCUT2D eigenvalue weighted by Crippen LogP contribution is -2.32. The van der Waals surface area contributed by atoms with Gasteiger partial charge in [0.1, 0.15) is 5.69 Å². The van der Waals surface area contributed by atoms with Crippen molar-refractivity contribution in [1.82, 2.24) is 9.88 Å². The molecule has 2 rings (SSSR count). The van der Waals surface area contributed by atoms with E-state index in [0.29, 0.717) is 5.69 Å². The van der Waals surface area contributed by atoms with Crippen LogP contribution in [-0.2, 0) is 6.54 Å². The second-order valence-corrected chi connectivity index (χ2v) is 4.71. The van der Waals surface area contributed by atoms with Gasteiger partial charge in [-0.2, -0.15) is 0 Å². The zero-order chi connectivity index (χ0) is 14.4. The molecule has 2 aromatic rings. The summed E-state index contributed by atoms with van der Waals surface area (Å²) >= 11 is 0. The van der Waals surface area contributed by atoms with E-state index in [2.05, 4.69) is 12.2 Å². The van der Waals surface area contributed by atoms with Gasteiger partial charge in [-0.05, 0) is 24.1 Å². The lowest BCUT2D eigenvalue weighted by molar-refractivity contribution is 0.0906. The topological polar surface area (TPSA) is 54.3 Å². The van der Waals surface area contributed by atoms with Crippen LogP contribution in [0.2, 0.25) is 0 Å². The summed E-state index contributed by atoms with van der Waals surface area (Å²) in [5, 5.41) is 12.4. The Labute approximate surface area is 119 Å².